The van der Waals surface area contributed by atoms with E-state index in [9.17, 15) is 4.79 Å². The largest absolute Gasteiger partial charge is 0.343 e. The highest BCUT2D eigenvalue weighted by atomic mass is 79.9. The standard InChI is InChI=1S/C14H17BrN4O/c1-9(20)19-5-3-10(4-6-19)12-7-11-14(18(12)2)16-8-13(15)17-11/h7-8,10H,3-6H2,1-2H3. The molecule has 2 aromatic heterocycles. The van der Waals surface area contributed by atoms with Crippen molar-refractivity contribution in [3.8, 4) is 0 Å². The van der Waals surface area contributed by atoms with E-state index in [1.807, 2.05) is 11.9 Å². The summed E-state index contributed by atoms with van der Waals surface area (Å²) >= 11 is 3.36. The number of piperidine rings is 1. The lowest BCUT2D eigenvalue weighted by molar-refractivity contribution is -0.129. The second-order valence-electron chi connectivity index (χ2n) is 5.31. The van der Waals surface area contributed by atoms with E-state index < -0.39 is 0 Å². The molecule has 1 amide bonds. The van der Waals surface area contributed by atoms with Gasteiger partial charge < -0.3 is 9.47 Å². The molecule has 1 saturated heterocycles. The average Bonchev–Trinajstić information content (AvgIpc) is 2.75. The Morgan fingerprint density at radius 1 is 1.40 bits per heavy atom. The van der Waals surface area contributed by atoms with Crippen molar-refractivity contribution in [1.29, 1.82) is 0 Å². The Hall–Kier alpha value is -1.43. The van der Waals surface area contributed by atoms with Crippen molar-refractivity contribution in [2.24, 2.45) is 7.05 Å². The highest BCUT2D eigenvalue weighted by Gasteiger charge is 2.24. The third-order valence-electron chi connectivity index (χ3n) is 4.10. The normalized spacial score (nSPS) is 16.9. The maximum absolute atomic E-state index is 11.4. The molecule has 20 heavy (non-hydrogen) atoms. The molecule has 0 unspecified atom stereocenters. The molecule has 1 fully saturated rings. The Morgan fingerprint density at radius 3 is 2.75 bits per heavy atom. The van der Waals surface area contributed by atoms with E-state index in [2.05, 4.69) is 36.5 Å². The first-order valence-electron chi connectivity index (χ1n) is 6.79. The highest BCUT2D eigenvalue weighted by molar-refractivity contribution is 9.10. The van der Waals surface area contributed by atoms with E-state index in [1.165, 1.54) is 5.69 Å². The van der Waals surface area contributed by atoms with E-state index in [1.54, 1.807) is 13.1 Å². The number of halogens is 1. The van der Waals surface area contributed by atoms with E-state index in [-0.39, 0.29) is 5.91 Å². The third kappa shape index (κ3) is 2.32. The molecular formula is C14H17BrN4O. The molecule has 0 aromatic carbocycles. The van der Waals surface area contributed by atoms with E-state index >= 15 is 0 Å². The van der Waals surface area contributed by atoms with Crippen LogP contribution in [0.25, 0.3) is 11.2 Å². The molecule has 0 bridgehead atoms. The van der Waals surface area contributed by atoms with Crippen LogP contribution in [-0.2, 0) is 11.8 Å². The van der Waals surface area contributed by atoms with Gasteiger partial charge in [-0.15, -0.1) is 0 Å². The molecule has 1 aliphatic heterocycles. The molecule has 3 heterocycles. The minimum atomic E-state index is 0.174. The van der Waals surface area contributed by atoms with Gasteiger partial charge in [0.2, 0.25) is 5.91 Å². The Labute approximate surface area is 126 Å². The summed E-state index contributed by atoms with van der Waals surface area (Å²) in [5.41, 5.74) is 3.10. The number of amides is 1. The van der Waals surface area contributed by atoms with Crippen LogP contribution in [0.15, 0.2) is 16.9 Å². The maximum atomic E-state index is 11.4. The first-order valence-corrected chi connectivity index (χ1v) is 7.59. The van der Waals surface area contributed by atoms with E-state index in [0.717, 1.165) is 41.7 Å². The minimum absolute atomic E-state index is 0.174. The van der Waals surface area contributed by atoms with Crippen molar-refractivity contribution in [2.75, 3.05) is 13.1 Å². The lowest BCUT2D eigenvalue weighted by atomic mass is 9.93. The number of carbonyl (C=O) groups is 1. The van der Waals surface area contributed by atoms with Gasteiger partial charge in [0, 0.05) is 38.7 Å². The average molecular weight is 337 g/mol. The third-order valence-corrected chi connectivity index (χ3v) is 4.48. The fourth-order valence-electron chi connectivity index (χ4n) is 2.97. The number of likely N-dealkylation sites (tertiary alicyclic amines) is 1. The van der Waals surface area contributed by atoms with Crippen LogP contribution in [0, 0.1) is 0 Å². The zero-order valence-electron chi connectivity index (χ0n) is 11.6. The fourth-order valence-corrected chi connectivity index (χ4v) is 3.26. The molecule has 0 N–H and O–H groups in total. The van der Waals surface area contributed by atoms with Gasteiger partial charge in [-0.2, -0.15) is 0 Å². The lowest BCUT2D eigenvalue weighted by Crippen LogP contribution is -2.36. The summed E-state index contributed by atoms with van der Waals surface area (Å²) in [4.78, 5) is 22.2. The molecule has 1 aliphatic rings. The molecule has 5 nitrogen and oxygen atoms in total. The van der Waals surface area contributed by atoms with Crippen molar-refractivity contribution < 1.29 is 4.79 Å². The summed E-state index contributed by atoms with van der Waals surface area (Å²) in [7, 11) is 2.04. The van der Waals surface area contributed by atoms with Crippen molar-refractivity contribution in [3.63, 3.8) is 0 Å². The van der Waals surface area contributed by atoms with Crippen LogP contribution in [-0.4, -0.2) is 38.4 Å². The molecule has 0 aliphatic carbocycles. The summed E-state index contributed by atoms with van der Waals surface area (Å²) in [6.07, 6.45) is 3.74. The van der Waals surface area contributed by atoms with Crippen molar-refractivity contribution in [2.45, 2.75) is 25.7 Å². The Bertz CT molecular complexity index is 658. The number of rotatable bonds is 1. The van der Waals surface area contributed by atoms with Crippen LogP contribution in [0.3, 0.4) is 0 Å². The Kier molecular flexibility index (Phi) is 3.50. The molecule has 0 saturated carbocycles. The number of hydrogen-bond donors (Lipinski definition) is 0. The molecule has 3 rings (SSSR count). The molecule has 0 radical (unpaired) electrons. The molecule has 6 heteroatoms. The number of carbonyl (C=O) groups excluding carboxylic acids is 1. The molecule has 0 spiro atoms. The molecule has 106 valence electrons. The topological polar surface area (TPSA) is 51.0 Å². The predicted molar refractivity (Wildman–Crippen MR) is 80.4 cm³/mol. The maximum Gasteiger partial charge on any atom is 0.219 e. The van der Waals surface area contributed by atoms with Crippen molar-refractivity contribution >= 4 is 33.0 Å². The van der Waals surface area contributed by atoms with Crippen LogP contribution in [0.5, 0.6) is 0 Å². The van der Waals surface area contributed by atoms with Crippen LogP contribution in [0.2, 0.25) is 0 Å². The van der Waals surface area contributed by atoms with E-state index in [4.69, 9.17) is 0 Å². The second-order valence-corrected chi connectivity index (χ2v) is 6.12. The summed E-state index contributed by atoms with van der Waals surface area (Å²) in [5, 5.41) is 0. The van der Waals surface area contributed by atoms with Crippen molar-refractivity contribution in [1.82, 2.24) is 19.4 Å². The summed E-state index contributed by atoms with van der Waals surface area (Å²) in [6.45, 7) is 3.32. The van der Waals surface area contributed by atoms with Gasteiger partial charge in [-0.05, 0) is 34.8 Å². The number of aryl methyl sites for hydroxylation is 1. The summed E-state index contributed by atoms with van der Waals surface area (Å²) in [6, 6.07) is 2.13. The Balaban J connectivity index is 1.88. The smallest absolute Gasteiger partial charge is 0.219 e. The highest BCUT2D eigenvalue weighted by Crippen LogP contribution is 2.31. The van der Waals surface area contributed by atoms with Gasteiger partial charge in [-0.3, -0.25) is 4.79 Å². The van der Waals surface area contributed by atoms with Crippen LogP contribution in [0.4, 0.5) is 0 Å². The number of aromatic nitrogens is 3. The zero-order chi connectivity index (χ0) is 14.3. The van der Waals surface area contributed by atoms with Gasteiger partial charge in [0.15, 0.2) is 5.65 Å². The van der Waals surface area contributed by atoms with Gasteiger partial charge in [0.05, 0.1) is 6.20 Å². The van der Waals surface area contributed by atoms with Crippen LogP contribution < -0.4 is 0 Å². The molecule has 0 atom stereocenters. The predicted octanol–water partition coefficient (Wildman–Crippen LogP) is 2.46. The first-order chi connectivity index (χ1) is 9.56. The fraction of sp³-hybridized carbons (Fsp3) is 0.500. The van der Waals surface area contributed by atoms with Gasteiger partial charge in [0.25, 0.3) is 0 Å². The van der Waals surface area contributed by atoms with Crippen LogP contribution in [0.1, 0.15) is 31.4 Å². The molecule has 2 aromatic rings. The number of nitrogens with zero attached hydrogens (tertiary/aromatic N) is 4. The quantitative estimate of drug-likeness (QED) is 0.803. The summed E-state index contributed by atoms with van der Waals surface area (Å²) < 4.78 is 2.89. The van der Waals surface area contributed by atoms with Crippen molar-refractivity contribution in [3.05, 3.63) is 22.6 Å². The van der Waals surface area contributed by atoms with Gasteiger partial charge >= 0.3 is 0 Å². The molecular weight excluding hydrogens is 320 g/mol. The number of fused-ring (bicyclic) bond motifs is 1. The van der Waals surface area contributed by atoms with Gasteiger partial charge in [-0.1, -0.05) is 0 Å². The summed E-state index contributed by atoms with van der Waals surface area (Å²) in [5.74, 6) is 0.651. The van der Waals surface area contributed by atoms with Gasteiger partial charge in [0.1, 0.15) is 10.1 Å². The lowest BCUT2D eigenvalue weighted by Gasteiger charge is -2.31. The SMILES string of the molecule is CC(=O)N1CCC(c2cc3nc(Br)cnc3n2C)CC1. The Morgan fingerprint density at radius 2 is 2.10 bits per heavy atom. The first kappa shape index (κ1) is 13.5. The zero-order valence-corrected chi connectivity index (χ0v) is 13.2. The van der Waals surface area contributed by atoms with Gasteiger partial charge in [-0.25, -0.2) is 9.97 Å². The second kappa shape index (κ2) is 5.16. The van der Waals surface area contributed by atoms with Crippen LogP contribution >= 0.6 is 15.9 Å². The van der Waals surface area contributed by atoms with E-state index in [0.29, 0.717) is 5.92 Å². The minimum Gasteiger partial charge on any atom is -0.343 e. The monoisotopic (exact) mass is 336 g/mol. The number of hydrogen-bond acceptors (Lipinski definition) is 3.